The Kier molecular flexibility index (Phi) is 6.83. The second-order valence-electron chi connectivity index (χ2n) is 7.71. The molecule has 1 atom stereocenters. The van der Waals surface area contributed by atoms with E-state index in [0.717, 1.165) is 27.4 Å². The topological polar surface area (TPSA) is 98.5 Å². The Bertz CT molecular complexity index is 1280. The zero-order valence-electron chi connectivity index (χ0n) is 19.6. The molecule has 1 aromatic carbocycles. The highest BCUT2D eigenvalue weighted by Gasteiger charge is 2.27. The average molecular weight is 479 g/mol. The van der Waals surface area contributed by atoms with E-state index in [1.807, 2.05) is 51.1 Å². The molecule has 3 aromatic heterocycles. The molecule has 0 fully saturated rings. The maximum absolute atomic E-state index is 12.8. The van der Waals surface area contributed by atoms with Crippen molar-refractivity contribution < 1.29 is 18.7 Å². The van der Waals surface area contributed by atoms with E-state index < -0.39 is 6.04 Å². The molecular formula is C25H26N4O4S. The fraction of sp³-hybridized carbons (Fsp3) is 0.240. The zero-order valence-corrected chi connectivity index (χ0v) is 20.4. The first-order valence-corrected chi connectivity index (χ1v) is 11.5. The summed E-state index contributed by atoms with van der Waals surface area (Å²) >= 11 is 1.48. The van der Waals surface area contributed by atoms with Crippen molar-refractivity contribution >= 4 is 28.2 Å². The van der Waals surface area contributed by atoms with Gasteiger partial charge in [-0.1, -0.05) is 12.1 Å². The van der Waals surface area contributed by atoms with Gasteiger partial charge in [-0.2, -0.15) is 0 Å². The van der Waals surface area contributed by atoms with Gasteiger partial charge in [0, 0.05) is 27.4 Å². The number of thiophene rings is 1. The highest BCUT2D eigenvalue weighted by atomic mass is 32.1. The molecule has 4 rings (SSSR count). The number of rotatable bonds is 8. The maximum atomic E-state index is 12.8. The summed E-state index contributed by atoms with van der Waals surface area (Å²) in [5.74, 6) is 1.56. The first-order chi connectivity index (χ1) is 16.4. The van der Waals surface area contributed by atoms with E-state index in [-0.39, 0.29) is 11.7 Å². The van der Waals surface area contributed by atoms with Crippen LogP contribution in [0, 0.1) is 20.8 Å². The van der Waals surface area contributed by atoms with Crippen molar-refractivity contribution in [1.82, 2.24) is 9.97 Å². The minimum atomic E-state index is -0.442. The molecule has 3 heterocycles. The Hall–Kier alpha value is -3.85. The lowest BCUT2D eigenvalue weighted by atomic mass is 9.98. The highest BCUT2D eigenvalue weighted by molar-refractivity contribution is 7.16. The number of nitrogens with zero attached hydrogens (tertiary/aromatic N) is 2. The predicted octanol–water partition coefficient (Wildman–Crippen LogP) is 5.53. The third-order valence-corrected chi connectivity index (χ3v) is 6.15. The molecule has 176 valence electrons. The molecule has 1 unspecified atom stereocenters. The van der Waals surface area contributed by atoms with Gasteiger partial charge in [-0.3, -0.25) is 4.79 Å². The van der Waals surface area contributed by atoms with Gasteiger partial charge in [-0.15, -0.1) is 11.3 Å². The normalized spacial score (nSPS) is 11.7. The van der Waals surface area contributed by atoms with Crippen LogP contribution < -0.4 is 20.1 Å². The van der Waals surface area contributed by atoms with Crippen molar-refractivity contribution in [2.24, 2.45) is 0 Å². The Balaban J connectivity index is 1.83. The Labute approximate surface area is 202 Å². The van der Waals surface area contributed by atoms with Gasteiger partial charge in [-0.25, -0.2) is 9.97 Å². The van der Waals surface area contributed by atoms with Crippen LogP contribution in [0.5, 0.6) is 11.5 Å². The van der Waals surface area contributed by atoms with Crippen LogP contribution in [0.3, 0.4) is 0 Å². The van der Waals surface area contributed by atoms with Crippen LogP contribution in [0.4, 0.5) is 10.9 Å². The molecule has 0 aliphatic heterocycles. The maximum Gasteiger partial charge on any atom is 0.291 e. The van der Waals surface area contributed by atoms with E-state index in [1.54, 1.807) is 26.4 Å². The summed E-state index contributed by atoms with van der Waals surface area (Å²) in [6.07, 6.45) is 1.47. The number of methoxy groups -OCH3 is 2. The number of carbonyl (C=O) groups is 1. The van der Waals surface area contributed by atoms with Crippen molar-refractivity contribution in [3.63, 3.8) is 0 Å². The average Bonchev–Trinajstić information content (AvgIpc) is 3.46. The molecule has 1 amide bonds. The molecule has 0 bridgehead atoms. The van der Waals surface area contributed by atoms with Crippen LogP contribution in [0.15, 0.2) is 53.1 Å². The number of benzene rings is 1. The number of aromatic nitrogens is 2. The summed E-state index contributed by atoms with van der Waals surface area (Å²) in [5, 5.41) is 7.13. The molecule has 0 spiro atoms. The summed E-state index contributed by atoms with van der Waals surface area (Å²) in [5.41, 5.74) is 3.35. The minimum absolute atomic E-state index is 0.234. The summed E-state index contributed by atoms with van der Waals surface area (Å²) in [6.45, 7) is 5.83. The van der Waals surface area contributed by atoms with Crippen LogP contribution in [0.25, 0.3) is 0 Å². The molecule has 0 radical (unpaired) electrons. The number of aryl methyl sites for hydroxylation is 3. The number of ether oxygens (including phenoxy) is 2. The minimum Gasteiger partial charge on any atom is -0.493 e. The van der Waals surface area contributed by atoms with Crippen molar-refractivity contribution in [3.8, 4) is 11.5 Å². The second kappa shape index (κ2) is 9.96. The summed E-state index contributed by atoms with van der Waals surface area (Å²) in [4.78, 5) is 22.9. The van der Waals surface area contributed by atoms with Gasteiger partial charge in [0.1, 0.15) is 5.00 Å². The van der Waals surface area contributed by atoms with E-state index >= 15 is 0 Å². The predicted molar refractivity (Wildman–Crippen MR) is 132 cm³/mol. The molecule has 2 N–H and O–H groups in total. The standard InChI is InChI=1S/C25H26N4O4S/c1-14-12-15(2)27-25(26-14)28-21(17-8-6-9-19(31-4)22(17)32-5)18-13-16(3)34-24(18)29-23(30)20-10-7-11-33-20/h6-13,21H,1-5H3,(H,29,30)(H,26,27,28). The fourth-order valence-corrected chi connectivity index (χ4v) is 4.75. The van der Waals surface area contributed by atoms with Crippen LogP contribution >= 0.6 is 11.3 Å². The highest BCUT2D eigenvalue weighted by Crippen LogP contribution is 2.43. The Morgan fingerprint density at radius 3 is 2.41 bits per heavy atom. The van der Waals surface area contributed by atoms with Gasteiger partial charge in [-0.05, 0) is 51.1 Å². The molecule has 8 nitrogen and oxygen atoms in total. The lowest BCUT2D eigenvalue weighted by molar-refractivity contribution is 0.0997. The van der Waals surface area contributed by atoms with Gasteiger partial charge in [0.2, 0.25) is 5.95 Å². The van der Waals surface area contributed by atoms with Crippen molar-refractivity contribution in [2.75, 3.05) is 24.9 Å². The molecule has 9 heteroatoms. The Morgan fingerprint density at radius 2 is 1.76 bits per heavy atom. The van der Waals surface area contributed by atoms with E-state index in [1.165, 1.54) is 17.6 Å². The Morgan fingerprint density at radius 1 is 1.00 bits per heavy atom. The molecule has 0 aliphatic rings. The van der Waals surface area contributed by atoms with Crippen molar-refractivity contribution in [2.45, 2.75) is 26.8 Å². The number of carbonyl (C=O) groups excluding carboxylic acids is 1. The molecule has 34 heavy (non-hydrogen) atoms. The summed E-state index contributed by atoms with van der Waals surface area (Å²) < 4.78 is 16.5. The smallest absolute Gasteiger partial charge is 0.291 e. The first kappa shape index (κ1) is 23.3. The van der Waals surface area contributed by atoms with Gasteiger partial charge in [0.25, 0.3) is 5.91 Å². The van der Waals surface area contributed by atoms with Crippen LogP contribution in [-0.2, 0) is 0 Å². The second-order valence-corrected chi connectivity index (χ2v) is 8.96. The molecule has 4 aromatic rings. The molecular weight excluding hydrogens is 452 g/mol. The number of hydrogen-bond acceptors (Lipinski definition) is 8. The largest absolute Gasteiger partial charge is 0.493 e. The van der Waals surface area contributed by atoms with Gasteiger partial charge in [0.05, 0.1) is 26.5 Å². The molecule has 0 aliphatic carbocycles. The van der Waals surface area contributed by atoms with Crippen molar-refractivity contribution in [1.29, 1.82) is 0 Å². The fourth-order valence-electron chi connectivity index (χ4n) is 3.80. The monoisotopic (exact) mass is 478 g/mol. The number of hydrogen-bond donors (Lipinski definition) is 2. The quantitative estimate of drug-likeness (QED) is 0.344. The van der Waals surface area contributed by atoms with Crippen LogP contribution in [0.2, 0.25) is 0 Å². The summed E-state index contributed by atoms with van der Waals surface area (Å²) in [6, 6.07) is 12.5. The van der Waals surface area contributed by atoms with Crippen molar-refractivity contribution in [3.05, 3.63) is 81.9 Å². The SMILES string of the molecule is COc1cccc(C(Nc2nc(C)cc(C)n2)c2cc(C)sc2NC(=O)c2ccco2)c1OC. The number of amides is 1. The van der Waals surface area contributed by atoms with Crippen LogP contribution in [0.1, 0.15) is 44.0 Å². The van der Waals surface area contributed by atoms with Gasteiger partial charge >= 0.3 is 0 Å². The molecule has 0 saturated carbocycles. The number of nitrogens with one attached hydrogen (secondary N) is 2. The number of furan rings is 1. The lowest BCUT2D eigenvalue weighted by Crippen LogP contribution is -2.18. The summed E-state index contributed by atoms with van der Waals surface area (Å²) in [7, 11) is 3.20. The van der Waals surface area contributed by atoms with E-state index in [4.69, 9.17) is 13.9 Å². The first-order valence-electron chi connectivity index (χ1n) is 10.6. The van der Waals surface area contributed by atoms with E-state index in [2.05, 4.69) is 20.6 Å². The van der Waals surface area contributed by atoms with E-state index in [0.29, 0.717) is 22.4 Å². The third-order valence-electron chi connectivity index (χ3n) is 5.17. The van der Waals surface area contributed by atoms with E-state index in [9.17, 15) is 4.79 Å². The number of para-hydroxylation sites is 1. The van der Waals surface area contributed by atoms with Gasteiger partial charge in [0.15, 0.2) is 17.3 Å². The zero-order chi connectivity index (χ0) is 24.2. The van der Waals surface area contributed by atoms with Crippen LogP contribution in [-0.4, -0.2) is 30.1 Å². The molecule has 0 saturated heterocycles. The third kappa shape index (κ3) is 4.89. The van der Waals surface area contributed by atoms with Gasteiger partial charge < -0.3 is 24.5 Å². The number of anilines is 2. The lowest BCUT2D eigenvalue weighted by Gasteiger charge is -2.23.